The standard InChI is InChI=1S/C13H24N2S/c1-8(2)14-10(4)12-15-9(3)11(16-12)13(5,6)7/h8,10,14H,1-7H3. The van der Waals surface area contributed by atoms with Crippen molar-refractivity contribution in [3.8, 4) is 0 Å². The summed E-state index contributed by atoms with van der Waals surface area (Å²) in [5, 5.41) is 4.70. The van der Waals surface area contributed by atoms with E-state index in [0.29, 0.717) is 12.1 Å². The second-order valence-electron chi connectivity index (χ2n) is 5.76. The molecule has 3 heteroatoms. The highest BCUT2D eigenvalue weighted by Gasteiger charge is 2.22. The van der Waals surface area contributed by atoms with Crippen LogP contribution < -0.4 is 5.32 Å². The summed E-state index contributed by atoms with van der Waals surface area (Å²) in [6, 6.07) is 0.845. The summed E-state index contributed by atoms with van der Waals surface area (Å²) in [7, 11) is 0. The second-order valence-corrected chi connectivity index (χ2v) is 6.79. The number of rotatable bonds is 3. The topological polar surface area (TPSA) is 24.9 Å². The normalized spacial score (nSPS) is 14.5. The number of nitrogens with one attached hydrogen (secondary N) is 1. The Kier molecular flexibility index (Phi) is 4.13. The van der Waals surface area contributed by atoms with Crippen molar-refractivity contribution in [1.29, 1.82) is 0 Å². The SMILES string of the molecule is Cc1nc(C(C)NC(C)C)sc1C(C)(C)C. The molecule has 1 aromatic heterocycles. The maximum atomic E-state index is 4.69. The van der Waals surface area contributed by atoms with Gasteiger partial charge in [-0.25, -0.2) is 4.98 Å². The fourth-order valence-electron chi connectivity index (χ4n) is 1.87. The van der Waals surface area contributed by atoms with Gasteiger partial charge in [0.1, 0.15) is 5.01 Å². The van der Waals surface area contributed by atoms with E-state index in [2.05, 4.69) is 58.8 Å². The van der Waals surface area contributed by atoms with Crippen molar-refractivity contribution in [2.75, 3.05) is 0 Å². The Morgan fingerprint density at radius 1 is 1.19 bits per heavy atom. The number of thiazole rings is 1. The zero-order valence-electron chi connectivity index (χ0n) is 11.5. The second kappa shape index (κ2) is 4.84. The number of aryl methyl sites for hydroxylation is 1. The molecule has 16 heavy (non-hydrogen) atoms. The minimum absolute atomic E-state index is 0.206. The fraction of sp³-hybridized carbons (Fsp3) is 0.769. The third kappa shape index (κ3) is 3.29. The molecule has 0 saturated carbocycles. The van der Waals surface area contributed by atoms with E-state index >= 15 is 0 Å². The molecule has 1 heterocycles. The molecular weight excluding hydrogens is 216 g/mol. The summed E-state index contributed by atoms with van der Waals surface area (Å²) in [6.07, 6.45) is 0. The van der Waals surface area contributed by atoms with Crippen molar-refractivity contribution in [3.05, 3.63) is 15.6 Å². The average molecular weight is 240 g/mol. The summed E-state index contributed by atoms with van der Waals surface area (Å²) in [4.78, 5) is 6.09. The third-order valence-electron chi connectivity index (χ3n) is 2.45. The summed E-state index contributed by atoms with van der Waals surface area (Å²) in [6.45, 7) is 15.4. The maximum absolute atomic E-state index is 4.69. The molecule has 1 rings (SSSR count). The first-order valence-electron chi connectivity index (χ1n) is 5.95. The first-order chi connectivity index (χ1) is 7.21. The Balaban J connectivity index is 2.92. The molecule has 0 radical (unpaired) electrons. The Hall–Kier alpha value is -0.410. The highest BCUT2D eigenvalue weighted by Crippen LogP contribution is 2.33. The average Bonchev–Trinajstić information content (AvgIpc) is 2.44. The lowest BCUT2D eigenvalue weighted by atomic mass is 9.93. The van der Waals surface area contributed by atoms with Crippen LogP contribution in [0.5, 0.6) is 0 Å². The lowest BCUT2D eigenvalue weighted by Crippen LogP contribution is -2.25. The van der Waals surface area contributed by atoms with Crippen LogP contribution in [0.2, 0.25) is 0 Å². The predicted molar refractivity (Wildman–Crippen MR) is 72.2 cm³/mol. The van der Waals surface area contributed by atoms with Crippen molar-refractivity contribution in [3.63, 3.8) is 0 Å². The van der Waals surface area contributed by atoms with Crippen LogP contribution >= 0.6 is 11.3 Å². The van der Waals surface area contributed by atoms with Gasteiger partial charge in [-0.2, -0.15) is 0 Å². The highest BCUT2D eigenvalue weighted by molar-refractivity contribution is 7.12. The minimum Gasteiger partial charge on any atom is -0.306 e. The molecule has 0 fully saturated rings. The van der Waals surface area contributed by atoms with Gasteiger partial charge in [-0.15, -0.1) is 11.3 Å². The summed E-state index contributed by atoms with van der Waals surface area (Å²) >= 11 is 1.84. The number of aromatic nitrogens is 1. The Morgan fingerprint density at radius 3 is 2.12 bits per heavy atom. The lowest BCUT2D eigenvalue weighted by molar-refractivity contribution is 0.504. The van der Waals surface area contributed by atoms with E-state index in [1.165, 1.54) is 15.6 Å². The quantitative estimate of drug-likeness (QED) is 0.869. The van der Waals surface area contributed by atoms with Crippen LogP contribution in [0.3, 0.4) is 0 Å². The van der Waals surface area contributed by atoms with Gasteiger partial charge in [0.05, 0.1) is 11.7 Å². The van der Waals surface area contributed by atoms with E-state index < -0.39 is 0 Å². The molecule has 0 aromatic carbocycles. The highest BCUT2D eigenvalue weighted by atomic mass is 32.1. The Morgan fingerprint density at radius 2 is 1.75 bits per heavy atom. The van der Waals surface area contributed by atoms with Gasteiger partial charge in [0, 0.05) is 10.9 Å². The first kappa shape index (κ1) is 13.7. The molecule has 0 spiro atoms. The molecule has 0 aliphatic rings. The third-order valence-corrected chi connectivity index (χ3v) is 4.21. The molecule has 0 amide bonds. The molecule has 1 aromatic rings. The van der Waals surface area contributed by atoms with Gasteiger partial charge < -0.3 is 5.32 Å². The number of nitrogens with zero attached hydrogens (tertiary/aromatic N) is 1. The van der Waals surface area contributed by atoms with Crippen LogP contribution in [-0.4, -0.2) is 11.0 Å². The van der Waals surface area contributed by atoms with Gasteiger partial charge in [-0.3, -0.25) is 0 Å². The van der Waals surface area contributed by atoms with Crippen molar-refractivity contribution < 1.29 is 0 Å². The molecule has 2 nitrogen and oxygen atoms in total. The Bertz CT molecular complexity index is 347. The van der Waals surface area contributed by atoms with E-state index in [0.717, 1.165) is 0 Å². The van der Waals surface area contributed by atoms with E-state index in [4.69, 9.17) is 0 Å². The fourth-order valence-corrected chi connectivity index (χ4v) is 3.01. The number of hydrogen-bond donors (Lipinski definition) is 1. The van der Waals surface area contributed by atoms with Gasteiger partial charge in [-0.1, -0.05) is 34.6 Å². The van der Waals surface area contributed by atoms with Crippen LogP contribution in [-0.2, 0) is 5.41 Å². The zero-order valence-corrected chi connectivity index (χ0v) is 12.3. The maximum Gasteiger partial charge on any atom is 0.110 e. The molecule has 1 N–H and O–H groups in total. The summed E-state index contributed by atoms with van der Waals surface area (Å²) in [5.74, 6) is 0. The molecule has 0 aliphatic carbocycles. The summed E-state index contributed by atoms with van der Waals surface area (Å²) in [5.41, 5.74) is 1.39. The largest absolute Gasteiger partial charge is 0.306 e. The van der Waals surface area contributed by atoms with Crippen LogP contribution in [0.15, 0.2) is 0 Å². The van der Waals surface area contributed by atoms with Crippen molar-refractivity contribution in [1.82, 2.24) is 10.3 Å². The monoisotopic (exact) mass is 240 g/mol. The van der Waals surface area contributed by atoms with E-state index in [1.807, 2.05) is 11.3 Å². The molecule has 0 aliphatic heterocycles. The van der Waals surface area contributed by atoms with Crippen LogP contribution in [0.25, 0.3) is 0 Å². The molecule has 1 atom stereocenters. The van der Waals surface area contributed by atoms with E-state index in [9.17, 15) is 0 Å². The van der Waals surface area contributed by atoms with Gasteiger partial charge in [0.25, 0.3) is 0 Å². The predicted octanol–water partition coefficient (Wildman–Crippen LogP) is 3.81. The first-order valence-corrected chi connectivity index (χ1v) is 6.77. The van der Waals surface area contributed by atoms with E-state index in [-0.39, 0.29) is 5.41 Å². The van der Waals surface area contributed by atoms with Gasteiger partial charge in [0.15, 0.2) is 0 Å². The van der Waals surface area contributed by atoms with Crippen molar-refractivity contribution >= 4 is 11.3 Å². The zero-order chi connectivity index (χ0) is 12.5. The molecule has 0 saturated heterocycles. The van der Waals surface area contributed by atoms with Crippen molar-refractivity contribution in [2.45, 2.75) is 66.0 Å². The molecule has 0 bridgehead atoms. The van der Waals surface area contributed by atoms with Crippen LogP contribution in [0.1, 0.15) is 63.2 Å². The van der Waals surface area contributed by atoms with Crippen LogP contribution in [0, 0.1) is 6.92 Å². The van der Waals surface area contributed by atoms with Crippen molar-refractivity contribution in [2.24, 2.45) is 0 Å². The smallest absolute Gasteiger partial charge is 0.110 e. The molecular formula is C13H24N2S. The van der Waals surface area contributed by atoms with Gasteiger partial charge in [0.2, 0.25) is 0 Å². The van der Waals surface area contributed by atoms with Gasteiger partial charge >= 0.3 is 0 Å². The lowest BCUT2D eigenvalue weighted by Gasteiger charge is -2.17. The van der Waals surface area contributed by atoms with Crippen LogP contribution in [0.4, 0.5) is 0 Å². The molecule has 1 unspecified atom stereocenters. The Labute approximate surface area is 103 Å². The number of hydrogen-bond acceptors (Lipinski definition) is 3. The molecule has 92 valence electrons. The van der Waals surface area contributed by atoms with E-state index in [1.54, 1.807) is 0 Å². The summed E-state index contributed by atoms with van der Waals surface area (Å²) < 4.78 is 0. The minimum atomic E-state index is 0.206. The van der Waals surface area contributed by atoms with Gasteiger partial charge in [-0.05, 0) is 19.3 Å².